The molecule has 0 radical (unpaired) electrons. The molecule has 0 spiro atoms. The summed E-state index contributed by atoms with van der Waals surface area (Å²) >= 11 is 1.26. The van der Waals surface area contributed by atoms with Crippen molar-refractivity contribution in [3.05, 3.63) is 45.9 Å². The first-order valence-corrected chi connectivity index (χ1v) is 8.01. The number of para-hydroxylation sites is 1. The minimum absolute atomic E-state index is 0.127. The van der Waals surface area contributed by atoms with E-state index in [1.807, 2.05) is 31.2 Å². The number of aliphatic carboxylic acids is 1. The lowest BCUT2D eigenvalue weighted by Gasteiger charge is -2.09. The fourth-order valence-electron chi connectivity index (χ4n) is 1.93. The summed E-state index contributed by atoms with van der Waals surface area (Å²) in [5.74, 6) is -0.555. The Balaban J connectivity index is 1.70. The Hall–Kier alpha value is -2.41. The lowest BCUT2D eigenvalue weighted by Crippen LogP contribution is -2.29. The number of rotatable bonds is 8. The summed E-state index contributed by atoms with van der Waals surface area (Å²) in [5.41, 5.74) is 1.46. The summed E-state index contributed by atoms with van der Waals surface area (Å²) in [6, 6.07) is 7.67. The Bertz CT molecular complexity index is 684. The van der Waals surface area contributed by atoms with E-state index >= 15 is 0 Å². The molecular formula is C16H17N2O4S-. The van der Waals surface area contributed by atoms with Crippen LogP contribution in [-0.4, -0.2) is 30.0 Å². The topological polar surface area (TPSA) is 91.3 Å². The SMILES string of the molecule is Cc1ccccc1OCCNC(=O)Cc1nc(CC(=O)[O-])cs1. The second kappa shape index (κ2) is 8.28. The van der Waals surface area contributed by atoms with Crippen LogP contribution in [0.15, 0.2) is 29.6 Å². The summed E-state index contributed by atoms with van der Waals surface area (Å²) in [7, 11) is 0. The molecule has 0 aliphatic rings. The lowest BCUT2D eigenvalue weighted by atomic mass is 10.2. The predicted molar refractivity (Wildman–Crippen MR) is 84.2 cm³/mol. The summed E-state index contributed by atoms with van der Waals surface area (Å²) < 4.78 is 5.59. The first-order valence-electron chi connectivity index (χ1n) is 7.13. The molecule has 0 bridgehead atoms. The highest BCUT2D eigenvalue weighted by Crippen LogP contribution is 2.15. The fourth-order valence-corrected chi connectivity index (χ4v) is 2.72. The number of aromatic nitrogens is 1. The summed E-state index contributed by atoms with van der Waals surface area (Å²) in [6.45, 7) is 2.73. The monoisotopic (exact) mass is 333 g/mol. The van der Waals surface area contributed by atoms with E-state index in [4.69, 9.17) is 4.74 Å². The van der Waals surface area contributed by atoms with Gasteiger partial charge in [0.15, 0.2) is 0 Å². The van der Waals surface area contributed by atoms with Crippen LogP contribution in [0.5, 0.6) is 5.75 Å². The van der Waals surface area contributed by atoms with Gasteiger partial charge in [-0.25, -0.2) is 4.98 Å². The molecule has 0 fully saturated rings. The van der Waals surface area contributed by atoms with Gasteiger partial charge in [-0.1, -0.05) is 18.2 Å². The van der Waals surface area contributed by atoms with Gasteiger partial charge in [0.1, 0.15) is 17.4 Å². The lowest BCUT2D eigenvalue weighted by molar-refractivity contribution is -0.304. The number of hydrogen-bond acceptors (Lipinski definition) is 6. The third-order valence-corrected chi connectivity index (χ3v) is 3.91. The van der Waals surface area contributed by atoms with Crippen molar-refractivity contribution in [2.75, 3.05) is 13.2 Å². The van der Waals surface area contributed by atoms with Gasteiger partial charge in [0.25, 0.3) is 0 Å². The van der Waals surface area contributed by atoms with Crippen LogP contribution in [0.4, 0.5) is 0 Å². The zero-order chi connectivity index (χ0) is 16.7. The number of nitrogens with one attached hydrogen (secondary N) is 1. The molecule has 1 aromatic carbocycles. The van der Waals surface area contributed by atoms with Crippen LogP contribution in [0, 0.1) is 6.92 Å². The number of ether oxygens (including phenoxy) is 1. The molecule has 2 rings (SSSR count). The number of aryl methyl sites for hydroxylation is 1. The molecule has 1 N–H and O–H groups in total. The highest BCUT2D eigenvalue weighted by molar-refractivity contribution is 7.09. The molecule has 1 heterocycles. The van der Waals surface area contributed by atoms with Crippen molar-refractivity contribution in [1.82, 2.24) is 10.3 Å². The van der Waals surface area contributed by atoms with Crippen molar-refractivity contribution in [2.45, 2.75) is 19.8 Å². The molecule has 6 nitrogen and oxygen atoms in total. The van der Waals surface area contributed by atoms with Gasteiger partial charge < -0.3 is 20.0 Å². The minimum Gasteiger partial charge on any atom is -0.550 e. The van der Waals surface area contributed by atoms with Crippen molar-refractivity contribution >= 4 is 23.2 Å². The smallest absolute Gasteiger partial charge is 0.226 e. The van der Waals surface area contributed by atoms with E-state index in [-0.39, 0.29) is 18.7 Å². The quantitative estimate of drug-likeness (QED) is 0.710. The highest BCUT2D eigenvalue weighted by atomic mass is 32.1. The molecule has 2 aromatic rings. The number of amides is 1. The number of nitrogens with zero attached hydrogens (tertiary/aromatic N) is 1. The number of thiazole rings is 1. The van der Waals surface area contributed by atoms with E-state index in [1.54, 1.807) is 5.38 Å². The Kier molecular flexibility index (Phi) is 6.10. The van der Waals surface area contributed by atoms with E-state index in [2.05, 4.69) is 10.3 Å². The molecule has 1 amide bonds. The van der Waals surface area contributed by atoms with Crippen LogP contribution in [0.25, 0.3) is 0 Å². The first-order chi connectivity index (χ1) is 11.0. The first kappa shape index (κ1) is 17.0. The Morgan fingerprint density at radius 3 is 2.83 bits per heavy atom. The zero-order valence-electron chi connectivity index (χ0n) is 12.7. The maximum absolute atomic E-state index is 11.8. The van der Waals surface area contributed by atoms with E-state index in [1.165, 1.54) is 11.3 Å². The molecule has 0 aliphatic carbocycles. The van der Waals surface area contributed by atoms with Crippen molar-refractivity contribution in [1.29, 1.82) is 0 Å². The van der Waals surface area contributed by atoms with E-state index in [0.717, 1.165) is 11.3 Å². The number of benzene rings is 1. The van der Waals surface area contributed by atoms with Crippen molar-refractivity contribution in [3.63, 3.8) is 0 Å². The predicted octanol–water partition coefficient (Wildman–Crippen LogP) is 0.482. The van der Waals surface area contributed by atoms with Crippen LogP contribution in [0.1, 0.15) is 16.3 Å². The molecule has 0 atom stereocenters. The Labute approximate surface area is 138 Å². The Morgan fingerprint density at radius 1 is 1.30 bits per heavy atom. The van der Waals surface area contributed by atoms with Crippen molar-refractivity contribution in [3.8, 4) is 5.75 Å². The van der Waals surface area contributed by atoms with Gasteiger partial charge in [0.05, 0.1) is 18.7 Å². The maximum Gasteiger partial charge on any atom is 0.226 e. The summed E-state index contributed by atoms with van der Waals surface area (Å²) in [5, 5.41) is 15.4. The van der Waals surface area contributed by atoms with Gasteiger partial charge in [-0.2, -0.15) is 0 Å². The molecule has 122 valence electrons. The van der Waals surface area contributed by atoms with Crippen LogP contribution in [0.3, 0.4) is 0 Å². The largest absolute Gasteiger partial charge is 0.550 e. The molecule has 0 saturated heterocycles. The summed E-state index contributed by atoms with van der Waals surface area (Å²) in [4.78, 5) is 26.4. The second-order valence-electron chi connectivity index (χ2n) is 4.92. The molecule has 23 heavy (non-hydrogen) atoms. The van der Waals surface area contributed by atoms with Gasteiger partial charge in [0.2, 0.25) is 5.91 Å². The van der Waals surface area contributed by atoms with Gasteiger partial charge in [-0.05, 0) is 18.6 Å². The number of carboxylic acid groups (broad SMARTS) is 1. The standard InChI is InChI=1S/C16H18N2O4S/c1-11-4-2-3-5-13(11)22-7-6-17-14(19)9-15-18-12(10-23-15)8-16(20)21/h2-5,10H,6-9H2,1H3,(H,17,19)(H,20,21)/p-1. The molecular weight excluding hydrogens is 316 g/mol. The highest BCUT2D eigenvalue weighted by Gasteiger charge is 2.08. The molecule has 0 saturated carbocycles. The Morgan fingerprint density at radius 2 is 2.09 bits per heavy atom. The van der Waals surface area contributed by atoms with E-state index in [9.17, 15) is 14.7 Å². The van der Waals surface area contributed by atoms with Crippen molar-refractivity contribution in [2.24, 2.45) is 0 Å². The normalized spacial score (nSPS) is 10.3. The second-order valence-corrected chi connectivity index (χ2v) is 5.86. The van der Waals surface area contributed by atoms with E-state index < -0.39 is 5.97 Å². The number of carboxylic acids is 1. The van der Waals surface area contributed by atoms with Gasteiger partial charge in [-0.15, -0.1) is 11.3 Å². The third kappa shape index (κ3) is 5.71. The average molecular weight is 333 g/mol. The van der Waals surface area contributed by atoms with Crippen LogP contribution >= 0.6 is 11.3 Å². The van der Waals surface area contributed by atoms with Gasteiger partial charge in [0, 0.05) is 17.8 Å². The van der Waals surface area contributed by atoms with Gasteiger partial charge in [-0.3, -0.25) is 4.79 Å². The fraction of sp³-hybridized carbons (Fsp3) is 0.312. The number of carbonyl (C=O) groups excluding carboxylic acids is 2. The third-order valence-electron chi connectivity index (χ3n) is 3.01. The number of hydrogen-bond donors (Lipinski definition) is 1. The zero-order valence-corrected chi connectivity index (χ0v) is 13.5. The average Bonchev–Trinajstić information content (AvgIpc) is 2.91. The van der Waals surface area contributed by atoms with Crippen LogP contribution in [0.2, 0.25) is 0 Å². The maximum atomic E-state index is 11.8. The van der Waals surface area contributed by atoms with Gasteiger partial charge >= 0.3 is 0 Å². The summed E-state index contributed by atoms with van der Waals surface area (Å²) in [6.07, 6.45) is -0.107. The van der Waals surface area contributed by atoms with E-state index in [0.29, 0.717) is 23.9 Å². The van der Waals surface area contributed by atoms with Crippen LogP contribution < -0.4 is 15.2 Å². The molecule has 0 unspecified atom stereocenters. The minimum atomic E-state index is -1.18. The molecule has 7 heteroatoms. The molecule has 1 aromatic heterocycles. The number of carbonyl (C=O) groups is 2. The molecule has 0 aliphatic heterocycles. The van der Waals surface area contributed by atoms with Crippen LogP contribution in [-0.2, 0) is 22.4 Å². The van der Waals surface area contributed by atoms with Crippen molar-refractivity contribution < 1.29 is 19.4 Å².